The minimum Gasteiger partial charge on any atom is -0.493 e. The third-order valence-electron chi connectivity index (χ3n) is 18.0. The molecule has 23 nitrogen and oxygen atoms in total. The van der Waals surface area contributed by atoms with Gasteiger partial charge in [-0.1, -0.05) is 0 Å². The summed E-state index contributed by atoms with van der Waals surface area (Å²) in [5.74, 6) is 4.49. The smallest absolute Gasteiger partial charge is 0.337 e. The van der Waals surface area contributed by atoms with E-state index in [1.165, 1.54) is 25.3 Å². The molecule has 9 heterocycles. The van der Waals surface area contributed by atoms with E-state index in [2.05, 4.69) is 84.8 Å². The van der Waals surface area contributed by atoms with Crippen molar-refractivity contribution in [2.24, 2.45) is 0 Å². The van der Waals surface area contributed by atoms with Gasteiger partial charge in [0.05, 0.1) is 96.2 Å². The molecule has 0 bridgehead atoms. The van der Waals surface area contributed by atoms with Crippen molar-refractivity contribution in [3.63, 3.8) is 0 Å². The number of aromatic carboxylic acids is 1. The zero-order valence-electron chi connectivity index (χ0n) is 58.4. The number of nitriles is 2. The maximum Gasteiger partial charge on any atom is 0.337 e. The number of fused-ring (bicyclic) bond motifs is 2. The normalized spacial score (nSPS) is 17.6. The Bertz CT molecular complexity index is 4420. The first-order chi connectivity index (χ1) is 48.5. The third kappa shape index (κ3) is 20.1. The van der Waals surface area contributed by atoms with Crippen LogP contribution in [-0.4, -0.2) is 189 Å². The van der Waals surface area contributed by atoms with E-state index in [-0.39, 0.29) is 28.9 Å². The number of carboxylic acid groups (broad SMARTS) is 1. The Morgan fingerprint density at radius 3 is 1.32 bits per heavy atom. The van der Waals surface area contributed by atoms with Gasteiger partial charge in [-0.25, -0.2) is 4.79 Å². The molecular formula is C77H89N11O12. The molecule has 4 saturated heterocycles. The average Bonchev–Trinajstić information content (AvgIpc) is 0.898. The van der Waals surface area contributed by atoms with Gasteiger partial charge >= 0.3 is 5.97 Å². The van der Waals surface area contributed by atoms with Gasteiger partial charge in [0.2, 0.25) is 0 Å². The number of hydrogen-bond donors (Lipinski definition) is 3. The van der Waals surface area contributed by atoms with Crippen LogP contribution in [0.25, 0.3) is 44.3 Å². The zero-order valence-corrected chi connectivity index (χ0v) is 58.4. The minimum absolute atomic E-state index is 0.153. The number of ether oxygens (including phenoxy) is 8. The minimum atomic E-state index is -0.925. The van der Waals surface area contributed by atoms with Crippen LogP contribution in [0.2, 0.25) is 0 Å². The summed E-state index contributed by atoms with van der Waals surface area (Å²) < 4.78 is 45.5. The lowest BCUT2D eigenvalue weighted by Gasteiger charge is -2.30. The van der Waals surface area contributed by atoms with Gasteiger partial charge in [-0.15, -0.1) is 0 Å². The van der Waals surface area contributed by atoms with E-state index in [0.29, 0.717) is 110 Å². The standard InChI is InChI=1S/2C21H23N3O3.2C14H18N2O2.C7H7NO2/c1-24-10-4-5-15(24)13-27-19-8-7-14(11-20(19)26-2)17-12-18-16(21(25)23-17)6-3-9-22-18;1-24-10-4-5-15(13-24)27-19-8-7-14(11-20(19)26-2)17-12-18-16(21(25)23-17)6-3-9-22-18;1-16-7-3-4-12(16)10-18-13-6-5-11(9-15)8-14(13)17-2;1-16-7-3-4-12(10-16)18-13-6-5-11(9-15)8-14(13)17-2;1-5-6(7(9)10)3-2-4-8-5/h2*3,6-9,11-12,15H,4-5,10,13H2,1-2H3,(H,23,25);2*5-6,8,12H,3-4,7,10H2,1-2H3;2-4H,1H3,(H,9,10). The number of pyridine rings is 5. The van der Waals surface area contributed by atoms with Crippen molar-refractivity contribution >= 4 is 27.8 Å². The van der Waals surface area contributed by atoms with E-state index < -0.39 is 5.97 Å². The van der Waals surface area contributed by atoms with Crippen LogP contribution in [0.15, 0.2) is 150 Å². The number of aromatic nitrogens is 5. The summed E-state index contributed by atoms with van der Waals surface area (Å²) in [6.45, 7) is 9.32. The summed E-state index contributed by atoms with van der Waals surface area (Å²) >= 11 is 0. The van der Waals surface area contributed by atoms with Crippen molar-refractivity contribution in [1.82, 2.24) is 44.5 Å². The Hall–Kier alpha value is -10.6. The fraction of sp³-hybridized carbons (Fsp3) is 0.377. The van der Waals surface area contributed by atoms with Gasteiger partial charge in [0.1, 0.15) is 25.4 Å². The number of aryl methyl sites for hydroxylation is 1. The third-order valence-corrected chi connectivity index (χ3v) is 18.0. The number of carboxylic acids is 1. The first-order valence-electron chi connectivity index (χ1n) is 33.5. The van der Waals surface area contributed by atoms with Crippen LogP contribution < -0.4 is 49.0 Å². The Kier molecular flexibility index (Phi) is 26.8. The molecule has 3 N–H and O–H groups in total. The van der Waals surface area contributed by atoms with E-state index in [9.17, 15) is 14.4 Å². The van der Waals surface area contributed by atoms with Gasteiger partial charge in [0, 0.05) is 67.0 Å². The molecule has 4 aromatic carbocycles. The van der Waals surface area contributed by atoms with E-state index in [4.69, 9.17) is 53.5 Å². The largest absolute Gasteiger partial charge is 0.493 e. The number of benzene rings is 4. The number of likely N-dealkylation sites (N-methyl/N-ethyl adjacent to an activating group) is 4. The van der Waals surface area contributed by atoms with E-state index in [1.807, 2.05) is 54.6 Å². The molecule has 524 valence electrons. The van der Waals surface area contributed by atoms with Gasteiger partial charge < -0.3 is 72.6 Å². The summed E-state index contributed by atoms with van der Waals surface area (Å²) in [5.41, 5.74) is 6.11. The summed E-state index contributed by atoms with van der Waals surface area (Å²) in [4.78, 5) is 62.5. The number of carbonyl (C=O) groups is 1. The van der Waals surface area contributed by atoms with Crippen LogP contribution in [0.5, 0.6) is 46.0 Å². The highest BCUT2D eigenvalue weighted by atomic mass is 16.5. The Morgan fingerprint density at radius 1 is 0.510 bits per heavy atom. The maximum absolute atomic E-state index is 12.3. The number of methoxy groups -OCH3 is 4. The Morgan fingerprint density at radius 2 is 0.910 bits per heavy atom. The molecule has 0 amide bonds. The van der Waals surface area contributed by atoms with Crippen LogP contribution >= 0.6 is 0 Å². The SMILES string of the molecule is COc1cc(-c2cc3ncccc3c(=O)[nH]2)ccc1OC1CCCN(C)C1.COc1cc(-c2cc3ncccc3c(=O)[nH]2)ccc1OCC1CCCN1C.COc1cc(C#N)ccc1OC1CCCN(C)C1.COc1cc(C#N)ccc1OCC1CCCN1C.Cc1ncccc1C(=O)O. The fourth-order valence-electron chi connectivity index (χ4n) is 12.3. The molecule has 4 atom stereocenters. The second kappa shape index (κ2) is 36.3. The highest BCUT2D eigenvalue weighted by Crippen LogP contribution is 2.36. The lowest BCUT2D eigenvalue weighted by molar-refractivity contribution is 0.0695. The number of hydrogen-bond acceptors (Lipinski definition) is 20. The summed E-state index contributed by atoms with van der Waals surface area (Å²) in [6.07, 6.45) is 14.5. The highest BCUT2D eigenvalue weighted by Gasteiger charge is 2.25. The molecular weight excluding hydrogens is 1270 g/mol. The maximum atomic E-state index is 12.3. The van der Waals surface area contributed by atoms with Gasteiger partial charge in [0.15, 0.2) is 46.0 Å². The predicted molar refractivity (Wildman–Crippen MR) is 385 cm³/mol. The van der Waals surface area contributed by atoms with Crippen molar-refractivity contribution in [2.75, 3.05) is 109 Å². The molecule has 4 unspecified atom stereocenters. The molecule has 0 aliphatic carbocycles. The molecule has 23 heteroatoms. The Balaban J connectivity index is 0.000000151. The van der Waals surface area contributed by atoms with Crippen molar-refractivity contribution in [3.05, 3.63) is 183 Å². The number of rotatable bonds is 17. The number of likely N-dealkylation sites (tertiary alicyclic amines) is 4. The molecule has 13 rings (SSSR count). The first-order valence-corrected chi connectivity index (χ1v) is 33.5. The first kappa shape index (κ1) is 73.7. The summed E-state index contributed by atoms with van der Waals surface area (Å²) in [7, 11) is 14.9. The lowest BCUT2D eigenvalue weighted by Crippen LogP contribution is -2.38. The zero-order chi connectivity index (χ0) is 71.1. The van der Waals surface area contributed by atoms with Crippen LogP contribution in [0, 0.1) is 29.6 Å². The fourth-order valence-corrected chi connectivity index (χ4v) is 12.3. The van der Waals surface area contributed by atoms with E-state index in [1.54, 1.807) is 115 Å². The molecule has 0 saturated carbocycles. The highest BCUT2D eigenvalue weighted by molar-refractivity contribution is 5.88. The van der Waals surface area contributed by atoms with Gasteiger partial charge in [-0.3, -0.25) is 24.5 Å². The molecule has 4 aliphatic rings. The van der Waals surface area contributed by atoms with Crippen LogP contribution in [0.1, 0.15) is 78.5 Å². The molecule has 5 aromatic heterocycles. The molecule has 4 fully saturated rings. The van der Waals surface area contributed by atoms with Crippen molar-refractivity contribution in [1.29, 1.82) is 10.5 Å². The second-order valence-electron chi connectivity index (χ2n) is 25.0. The summed E-state index contributed by atoms with van der Waals surface area (Å²) in [5, 5.41) is 27.4. The van der Waals surface area contributed by atoms with Crippen molar-refractivity contribution in [3.8, 4) is 80.6 Å². The number of piperidine rings is 2. The van der Waals surface area contributed by atoms with Crippen LogP contribution in [-0.2, 0) is 0 Å². The van der Waals surface area contributed by atoms with Crippen LogP contribution in [0.3, 0.4) is 0 Å². The van der Waals surface area contributed by atoms with Crippen molar-refractivity contribution in [2.45, 2.75) is 82.6 Å². The lowest BCUT2D eigenvalue weighted by atomic mass is 10.1. The molecule has 9 aromatic rings. The van der Waals surface area contributed by atoms with Crippen molar-refractivity contribution < 1.29 is 47.8 Å². The number of H-pyrrole nitrogens is 2. The van der Waals surface area contributed by atoms with Gasteiger partial charge in [-0.05, 0) is 222 Å². The number of aromatic amines is 2. The average molecular weight is 1360 g/mol. The topological polar surface area (TPSA) is 276 Å². The number of nitrogens with one attached hydrogen (secondary N) is 2. The quantitative estimate of drug-likeness (QED) is 0.0764. The van der Waals surface area contributed by atoms with E-state index >= 15 is 0 Å². The molecule has 100 heavy (non-hydrogen) atoms. The molecule has 0 spiro atoms. The molecule has 4 aliphatic heterocycles. The van der Waals surface area contributed by atoms with Gasteiger partial charge in [-0.2, -0.15) is 10.5 Å². The number of nitrogens with zero attached hydrogens (tertiary/aromatic N) is 9. The van der Waals surface area contributed by atoms with E-state index in [0.717, 1.165) is 94.0 Å². The summed E-state index contributed by atoms with van der Waals surface area (Å²) in [6, 6.07) is 41.0. The second-order valence-corrected chi connectivity index (χ2v) is 25.0. The van der Waals surface area contributed by atoms with Crippen LogP contribution in [0.4, 0.5) is 0 Å². The Labute approximate surface area is 583 Å². The monoisotopic (exact) mass is 1360 g/mol. The van der Waals surface area contributed by atoms with Gasteiger partial charge in [0.25, 0.3) is 11.1 Å². The predicted octanol–water partition coefficient (Wildman–Crippen LogP) is 11.3. The molecule has 0 radical (unpaired) electrons.